The van der Waals surface area contributed by atoms with Gasteiger partial charge in [0.15, 0.2) is 5.78 Å². The smallest absolute Gasteiger partial charge is 0.248 e. The fraction of sp³-hybridized carbons (Fsp3) is 0.167. The first-order valence-corrected chi connectivity index (χ1v) is 4.84. The number of aromatic nitrogens is 1. The van der Waals surface area contributed by atoms with Gasteiger partial charge >= 0.3 is 0 Å². The van der Waals surface area contributed by atoms with Crippen molar-refractivity contribution in [1.82, 2.24) is 4.98 Å². The molecule has 0 radical (unpaired) electrons. The van der Waals surface area contributed by atoms with Gasteiger partial charge < -0.3 is 9.72 Å². The summed E-state index contributed by atoms with van der Waals surface area (Å²) in [5, 5.41) is 0.782. The molecule has 0 aliphatic rings. The number of ether oxygens (including phenoxy) is 1. The number of Topliss-reactive ketones (excluding diaryl/α,β-unsaturated/α-hetero) is 1. The maximum absolute atomic E-state index is 11.3. The summed E-state index contributed by atoms with van der Waals surface area (Å²) in [5.74, 6) is 0.465. The Morgan fingerprint density at radius 3 is 2.69 bits per heavy atom. The van der Waals surface area contributed by atoms with E-state index < -0.39 is 0 Å². The SMILES string of the molecule is COc1cc(C(C)=O)cc2ccc(=O)[nH]c12. The largest absolute Gasteiger partial charge is 0.495 e. The second kappa shape index (κ2) is 3.81. The Hall–Kier alpha value is -2.10. The standard InChI is InChI=1S/C12H11NO3/c1-7(14)9-5-8-3-4-11(15)13-12(8)10(6-9)16-2/h3-6H,1-2H3,(H,13,15). The van der Waals surface area contributed by atoms with Crippen LogP contribution in [-0.4, -0.2) is 17.9 Å². The summed E-state index contributed by atoms with van der Waals surface area (Å²) >= 11 is 0. The van der Waals surface area contributed by atoms with Gasteiger partial charge in [0.1, 0.15) is 5.75 Å². The quantitative estimate of drug-likeness (QED) is 0.779. The molecule has 1 N–H and O–H groups in total. The molecular weight excluding hydrogens is 206 g/mol. The van der Waals surface area contributed by atoms with Gasteiger partial charge in [0, 0.05) is 17.0 Å². The number of nitrogens with one attached hydrogen (secondary N) is 1. The third-order valence-corrected chi connectivity index (χ3v) is 2.42. The number of benzene rings is 1. The van der Waals surface area contributed by atoms with E-state index in [-0.39, 0.29) is 11.3 Å². The molecule has 82 valence electrons. The van der Waals surface area contributed by atoms with Gasteiger partial charge in [-0.3, -0.25) is 9.59 Å². The lowest BCUT2D eigenvalue weighted by Gasteiger charge is -2.06. The number of carbonyl (C=O) groups excluding carboxylic acids is 1. The van der Waals surface area contributed by atoms with Crippen molar-refractivity contribution in [2.45, 2.75) is 6.92 Å². The van der Waals surface area contributed by atoms with Gasteiger partial charge in [-0.25, -0.2) is 0 Å². The van der Waals surface area contributed by atoms with Crippen LogP contribution in [0, 0.1) is 0 Å². The van der Waals surface area contributed by atoms with Crippen molar-refractivity contribution in [3.05, 3.63) is 40.2 Å². The Balaban J connectivity index is 2.83. The molecule has 0 atom stereocenters. The fourth-order valence-electron chi connectivity index (χ4n) is 1.60. The minimum absolute atomic E-state index is 0.0357. The van der Waals surface area contributed by atoms with Crippen molar-refractivity contribution >= 4 is 16.7 Å². The predicted molar refractivity (Wildman–Crippen MR) is 61.1 cm³/mol. The highest BCUT2D eigenvalue weighted by molar-refractivity contribution is 5.99. The lowest BCUT2D eigenvalue weighted by Crippen LogP contribution is -2.04. The van der Waals surface area contributed by atoms with E-state index in [9.17, 15) is 9.59 Å². The number of methoxy groups -OCH3 is 1. The number of ketones is 1. The van der Waals surface area contributed by atoms with Crippen LogP contribution >= 0.6 is 0 Å². The van der Waals surface area contributed by atoms with Gasteiger partial charge in [-0.1, -0.05) is 0 Å². The van der Waals surface area contributed by atoms with Crippen LogP contribution in [-0.2, 0) is 0 Å². The van der Waals surface area contributed by atoms with Crippen molar-refractivity contribution in [3.63, 3.8) is 0 Å². The van der Waals surface area contributed by atoms with Gasteiger partial charge in [0.25, 0.3) is 0 Å². The summed E-state index contributed by atoms with van der Waals surface area (Å²) in [6.45, 7) is 1.49. The number of fused-ring (bicyclic) bond motifs is 1. The highest BCUT2D eigenvalue weighted by Gasteiger charge is 2.07. The van der Waals surface area contributed by atoms with E-state index in [1.165, 1.54) is 20.1 Å². The van der Waals surface area contributed by atoms with E-state index in [0.29, 0.717) is 16.8 Å². The topological polar surface area (TPSA) is 59.2 Å². The molecule has 4 nitrogen and oxygen atoms in total. The lowest BCUT2D eigenvalue weighted by atomic mass is 10.1. The van der Waals surface area contributed by atoms with Gasteiger partial charge in [-0.05, 0) is 25.1 Å². The highest BCUT2D eigenvalue weighted by Crippen LogP contribution is 2.24. The van der Waals surface area contributed by atoms with Gasteiger partial charge in [0.2, 0.25) is 5.56 Å². The number of hydrogen-bond donors (Lipinski definition) is 1. The number of carbonyl (C=O) groups is 1. The second-order valence-corrected chi connectivity index (χ2v) is 3.52. The molecule has 0 spiro atoms. The van der Waals surface area contributed by atoms with Crippen LogP contribution in [0.5, 0.6) is 5.75 Å². The first kappa shape index (κ1) is 10.4. The second-order valence-electron chi connectivity index (χ2n) is 3.52. The summed E-state index contributed by atoms with van der Waals surface area (Å²) in [6, 6.07) is 6.45. The average molecular weight is 217 g/mol. The molecule has 4 heteroatoms. The zero-order chi connectivity index (χ0) is 11.7. The monoisotopic (exact) mass is 217 g/mol. The van der Waals surface area contributed by atoms with Crippen molar-refractivity contribution in [3.8, 4) is 5.75 Å². The number of hydrogen-bond acceptors (Lipinski definition) is 3. The normalized spacial score (nSPS) is 10.4. The molecule has 0 fully saturated rings. The number of H-pyrrole nitrogens is 1. The van der Waals surface area contributed by atoms with Crippen molar-refractivity contribution < 1.29 is 9.53 Å². The van der Waals surface area contributed by atoms with Gasteiger partial charge in [0.05, 0.1) is 12.6 Å². The summed E-state index contributed by atoms with van der Waals surface area (Å²) in [4.78, 5) is 25.2. The number of aromatic amines is 1. The molecule has 2 rings (SSSR count). The van der Waals surface area contributed by atoms with E-state index in [4.69, 9.17) is 4.74 Å². The van der Waals surface area contributed by atoms with Crippen LogP contribution in [0.1, 0.15) is 17.3 Å². The van der Waals surface area contributed by atoms with E-state index in [0.717, 1.165) is 5.39 Å². The van der Waals surface area contributed by atoms with Crippen LogP contribution in [0.4, 0.5) is 0 Å². The summed E-state index contributed by atoms with van der Waals surface area (Å²) < 4.78 is 5.15. The van der Waals surface area contributed by atoms with Crippen LogP contribution in [0.25, 0.3) is 10.9 Å². The molecule has 0 aliphatic heterocycles. The summed E-state index contributed by atoms with van der Waals surface area (Å²) in [6.07, 6.45) is 0. The van der Waals surface area contributed by atoms with E-state index >= 15 is 0 Å². The molecule has 0 bridgehead atoms. The molecule has 2 aromatic rings. The molecule has 0 saturated heterocycles. The molecule has 1 heterocycles. The molecule has 0 saturated carbocycles. The Kier molecular flexibility index (Phi) is 2.48. The molecule has 16 heavy (non-hydrogen) atoms. The molecule has 1 aromatic heterocycles. The van der Waals surface area contributed by atoms with Crippen molar-refractivity contribution in [1.29, 1.82) is 0 Å². The van der Waals surface area contributed by atoms with E-state index in [2.05, 4.69) is 4.98 Å². The van der Waals surface area contributed by atoms with Crippen LogP contribution in [0.3, 0.4) is 0 Å². The predicted octanol–water partition coefficient (Wildman–Crippen LogP) is 1.74. The van der Waals surface area contributed by atoms with Gasteiger partial charge in [-0.2, -0.15) is 0 Å². The maximum Gasteiger partial charge on any atom is 0.248 e. The average Bonchev–Trinajstić information content (AvgIpc) is 2.27. The molecule has 1 aromatic carbocycles. The Morgan fingerprint density at radius 2 is 2.06 bits per heavy atom. The van der Waals surface area contributed by atoms with E-state index in [1.807, 2.05) is 0 Å². The fourth-order valence-corrected chi connectivity index (χ4v) is 1.60. The highest BCUT2D eigenvalue weighted by atomic mass is 16.5. The van der Waals surface area contributed by atoms with E-state index in [1.54, 1.807) is 18.2 Å². The molecule has 0 amide bonds. The third-order valence-electron chi connectivity index (χ3n) is 2.42. The first-order chi connectivity index (χ1) is 7.61. The van der Waals surface area contributed by atoms with Crippen molar-refractivity contribution in [2.24, 2.45) is 0 Å². The van der Waals surface area contributed by atoms with Gasteiger partial charge in [-0.15, -0.1) is 0 Å². The first-order valence-electron chi connectivity index (χ1n) is 4.84. The van der Waals surface area contributed by atoms with Crippen LogP contribution in [0.15, 0.2) is 29.1 Å². The maximum atomic E-state index is 11.3. The molecular formula is C12H11NO3. The number of pyridine rings is 1. The summed E-state index contributed by atoms with van der Waals surface area (Å²) in [7, 11) is 1.50. The zero-order valence-electron chi connectivity index (χ0n) is 9.03. The zero-order valence-corrected chi connectivity index (χ0v) is 9.03. The lowest BCUT2D eigenvalue weighted by molar-refractivity contribution is 0.101. The Morgan fingerprint density at radius 1 is 1.31 bits per heavy atom. The Labute approximate surface area is 91.9 Å². The Bertz CT molecular complexity index is 613. The van der Waals surface area contributed by atoms with Crippen LogP contribution in [0.2, 0.25) is 0 Å². The minimum atomic E-state index is -0.193. The number of rotatable bonds is 2. The third kappa shape index (κ3) is 1.69. The van der Waals surface area contributed by atoms with Crippen LogP contribution < -0.4 is 10.3 Å². The minimum Gasteiger partial charge on any atom is -0.495 e. The molecule has 0 unspecified atom stereocenters. The van der Waals surface area contributed by atoms with Crippen molar-refractivity contribution in [2.75, 3.05) is 7.11 Å². The summed E-state index contributed by atoms with van der Waals surface area (Å²) in [5.41, 5.74) is 0.984. The molecule has 0 aliphatic carbocycles.